The highest BCUT2D eigenvalue weighted by Crippen LogP contribution is 2.33. The standard InChI is InChI=1S/C15H14ClFN4O/c16-15-18-8-10(17)14(21-15)20-12-4-2-1-3-11(12)19-13(22)7-9-5-6-9/h1-4,8-9H,5-7H2,(H,19,22)(H,18,20,21). The molecule has 0 aliphatic heterocycles. The number of aromatic nitrogens is 2. The molecule has 22 heavy (non-hydrogen) atoms. The highest BCUT2D eigenvalue weighted by atomic mass is 35.5. The Bertz CT molecular complexity index is 706. The van der Waals surface area contributed by atoms with Crippen LogP contribution in [0.4, 0.5) is 21.6 Å². The molecule has 7 heteroatoms. The molecular weight excluding hydrogens is 307 g/mol. The van der Waals surface area contributed by atoms with Gasteiger partial charge in [0.1, 0.15) is 0 Å². The number of nitrogens with one attached hydrogen (secondary N) is 2. The number of amides is 1. The van der Waals surface area contributed by atoms with E-state index in [9.17, 15) is 9.18 Å². The van der Waals surface area contributed by atoms with Crippen molar-refractivity contribution in [3.63, 3.8) is 0 Å². The van der Waals surface area contributed by atoms with Crippen molar-refractivity contribution in [3.8, 4) is 0 Å². The number of hydrogen-bond donors (Lipinski definition) is 2. The third kappa shape index (κ3) is 3.71. The lowest BCUT2D eigenvalue weighted by Gasteiger charge is -2.13. The Balaban J connectivity index is 1.78. The van der Waals surface area contributed by atoms with E-state index in [0.29, 0.717) is 23.7 Å². The summed E-state index contributed by atoms with van der Waals surface area (Å²) in [6.07, 6.45) is 3.73. The smallest absolute Gasteiger partial charge is 0.224 e. The first-order valence-corrected chi connectivity index (χ1v) is 7.33. The number of hydrogen-bond acceptors (Lipinski definition) is 4. The third-order valence-corrected chi connectivity index (χ3v) is 3.52. The molecule has 0 bridgehead atoms. The average Bonchev–Trinajstić information content (AvgIpc) is 3.29. The van der Waals surface area contributed by atoms with Gasteiger partial charge in [-0.3, -0.25) is 4.79 Å². The summed E-state index contributed by atoms with van der Waals surface area (Å²) in [7, 11) is 0. The summed E-state index contributed by atoms with van der Waals surface area (Å²) in [5.74, 6) is -0.205. The summed E-state index contributed by atoms with van der Waals surface area (Å²) in [5.41, 5.74) is 1.11. The molecule has 1 aromatic carbocycles. The van der Waals surface area contributed by atoms with E-state index in [1.165, 1.54) is 0 Å². The van der Waals surface area contributed by atoms with Gasteiger partial charge in [-0.2, -0.15) is 4.98 Å². The van der Waals surface area contributed by atoms with Crippen molar-refractivity contribution in [2.45, 2.75) is 19.3 Å². The third-order valence-electron chi connectivity index (χ3n) is 3.34. The second-order valence-corrected chi connectivity index (χ2v) is 5.54. The fraction of sp³-hybridized carbons (Fsp3) is 0.267. The zero-order valence-corrected chi connectivity index (χ0v) is 12.4. The normalized spacial score (nSPS) is 13.7. The molecule has 3 rings (SSSR count). The Kier molecular flexibility index (Phi) is 4.20. The van der Waals surface area contributed by atoms with Gasteiger partial charge in [0, 0.05) is 6.42 Å². The lowest BCUT2D eigenvalue weighted by molar-refractivity contribution is -0.116. The minimum Gasteiger partial charge on any atom is -0.336 e. The molecule has 2 N–H and O–H groups in total. The lowest BCUT2D eigenvalue weighted by atomic mass is 10.2. The Morgan fingerprint density at radius 3 is 2.77 bits per heavy atom. The van der Waals surface area contributed by atoms with Crippen LogP contribution in [0.15, 0.2) is 30.5 Å². The number of halogens is 2. The molecule has 0 atom stereocenters. The summed E-state index contributed by atoms with van der Waals surface area (Å²) < 4.78 is 13.7. The van der Waals surface area contributed by atoms with Gasteiger partial charge in [-0.05, 0) is 42.5 Å². The van der Waals surface area contributed by atoms with E-state index < -0.39 is 5.82 Å². The van der Waals surface area contributed by atoms with Gasteiger partial charge >= 0.3 is 0 Å². The highest BCUT2D eigenvalue weighted by molar-refractivity contribution is 6.28. The monoisotopic (exact) mass is 320 g/mol. The topological polar surface area (TPSA) is 66.9 Å². The SMILES string of the molecule is O=C(CC1CC1)Nc1ccccc1Nc1nc(Cl)ncc1F. The number of carbonyl (C=O) groups is 1. The number of carbonyl (C=O) groups excluding carboxylic acids is 1. The first-order chi connectivity index (χ1) is 10.6. The first kappa shape index (κ1) is 14.7. The molecule has 1 fully saturated rings. The maximum atomic E-state index is 13.7. The number of rotatable bonds is 5. The number of nitrogens with zero attached hydrogens (tertiary/aromatic N) is 2. The number of para-hydroxylation sites is 2. The Hall–Kier alpha value is -2.21. The van der Waals surface area contributed by atoms with Crippen LogP contribution in [0, 0.1) is 11.7 Å². The largest absolute Gasteiger partial charge is 0.336 e. The fourth-order valence-corrected chi connectivity index (χ4v) is 2.18. The predicted molar refractivity (Wildman–Crippen MR) is 82.7 cm³/mol. The van der Waals surface area contributed by atoms with Gasteiger partial charge in [0.15, 0.2) is 11.6 Å². The van der Waals surface area contributed by atoms with Gasteiger partial charge < -0.3 is 10.6 Å². The Morgan fingerprint density at radius 2 is 2.05 bits per heavy atom. The molecule has 0 saturated heterocycles. The van der Waals surface area contributed by atoms with Crippen molar-refractivity contribution in [3.05, 3.63) is 41.6 Å². The van der Waals surface area contributed by atoms with Gasteiger partial charge in [0.2, 0.25) is 11.2 Å². The fourth-order valence-electron chi connectivity index (χ4n) is 2.05. The summed E-state index contributed by atoms with van der Waals surface area (Å²) >= 11 is 5.67. The molecular formula is C15H14ClFN4O. The van der Waals surface area contributed by atoms with Crippen molar-refractivity contribution in [1.29, 1.82) is 0 Å². The number of benzene rings is 1. The summed E-state index contributed by atoms with van der Waals surface area (Å²) in [6, 6.07) is 7.04. The van der Waals surface area contributed by atoms with E-state index in [-0.39, 0.29) is 17.0 Å². The van der Waals surface area contributed by atoms with Crippen LogP contribution in [0.1, 0.15) is 19.3 Å². The average molecular weight is 321 g/mol. The molecule has 1 aliphatic rings. The molecule has 1 aliphatic carbocycles. The van der Waals surface area contributed by atoms with Crippen molar-refractivity contribution < 1.29 is 9.18 Å². The van der Waals surface area contributed by atoms with Crippen LogP contribution in [-0.2, 0) is 4.79 Å². The number of anilines is 3. The van der Waals surface area contributed by atoms with Crippen LogP contribution < -0.4 is 10.6 Å². The Labute approximate surface area is 131 Å². The van der Waals surface area contributed by atoms with E-state index in [0.717, 1.165) is 19.0 Å². The minimum absolute atomic E-state index is 0.0381. The molecule has 1 aromatic heterocycles. The quantitative estimate of drug-likeness (QED) is 0.823. The van der Waals surface area contributed by atoms with Crippen LogP contribution in [0.5, 0.6) is 0 Å². The molecule has 2 aromatic rings. The van der Waals surface area contributed by atoms with Gasteiger partial charge in [0.05, 0.1) is 17.6 Å². The summed E-state index contributed by atoms with van der Waals surface area (Å²) in [5, 5.41) is 5.61. The van der Waals surface area contributed by atoms with E-state index in [1.54, 1.807) is 24.3 Å². The zero-order chi connectivity index (χ0) is 15.5. The van der Waals surface area contributed by atoms with Crippen LogP contribution in [0.3, 0.4) is 0 Å². The molecule has 0 unspecified atom stereocenters. The molecule has 5 nitrogen and oxygen atoms in total. The molecule has 0 spiro atoms. The molecule has 114 valence electrons. The molecule has 1 amide bonds. The van der Waals surface area contributed by atoms with Gasteiger partial charge in [0.25, 0.3) is 0 Å². The van der Waals surface area contributed by atoms with Crippen LogP contribution in [0.2, 0.25) is 5.28 Å². The molecule has 1 heterocycles. The van der Waals surface area contributed by atoms with E-state index in [2.05, 4.69) is 20.6 Å². The van der Waals surface area contributed by atoms with E-state index in [4.69, 9.17) is 11.6 Å². The maximum absolute atomic E-state index is 13.7. The van der Waals surface area contributed by atoms with Crippen molar-refractivity contribution >= 4 is 34.7 Å². The van der Waals surface area contributed by atoms with Crippen LogP contribution in [0.25, 0.3) is 0 Å². The summed E-state index contributed by atoms with van der Waals surface area (Å²) in [6.45, 7) is 0. The predicted octanol–water partition coefficient (Wildman–Crippen LogP) is 3.75. The van der Waals surface area contributed by atoms with Gasteiger partial charge in [-0.15, -0.1) is 0 Å². The molecule has 1 saturated carbocycles. The van der Waals surface area contributed by atoms with Gasteiger partial charge in [-0.25, -0.2) is 9.37 Å². The second-order valence-electron chi connectivity index (χ2n) is 5.20. The van der Waals surface area contributed by atoms with Crippen molar-refractivity contribution in [1.82, 2.24) is 9.97 Å². The van der Waals surface area contributed by atoms with Crippen LogP contribution >= 0.6 is 11.6 Å². The van der Waals surface area contributed by atoms with Crippen molar-refractivity contribution in [2.24, 2.45) is 5.92 Å². The van der Waals surface area contributed by atoms with Gasteiger partial charge in [-0.1, -0.05) is 12.1 Å². The second kappa shape index (κ2) is 6.27. The van der Waals surface area contributed by atoms with Crippen molar-refractivity contribution in [2.75, 3.05) is 10.6 Å². The van der Waals surface area contributed by atoms with E-state index in [1.807, 2.05) is 0 Å². The summed E-state index contributed by atoms with van der Waals surface area (Å²) in [4.78, 5) is 19.3. The maximum Gasteiger partial charge on any atom is 0.224 e. The zero-order valence-electron chi connectivity index (χ0n) is 11.6. The Morgan fingerprint density at radius 1 is 1.32 bits per heavy atom. The lowest BCUT2D eigenvalue weighted by Crippen LogP contribution is -2.13. The highest BCUT2D eigenvalue weighted by Gasteiger charge is 2.24. The molecule has 0 radical (unpaired) electrons. The minimum atomic E-state index is -0.622. The van der Waals surface area contributed by atoms with E-state index >= 15 is 0 Å². The first-order valence-electron chi connectivity index (χ1n) is 6.96. The van der Waals surface area contributed by atoms with Crippen LogP contribution in [-0.4, -0.2) is 15.9 Å².